The van der Waals surface area contributed by atoms with Crippen molar-refractivity contribution in [2.45, 2.75) is 32.1 Å². The third kappa shape index (κ3) is 3.04. The maximum atomic E-state index is 12.7. The number of Topliss-reactive ketones (excluding diaryl/α,β-unsaturated/α-hetero) is 1. The first-order chi connectivity index (χ1) is 12.0. The number of hydrogen-bond donors (Lipinski definition) is 1. The number of rotatable bonds is 3. The predicted octanol–water partition coefficient (Wildman–Crippen LogP) is 3.49. The number of ketones is 1. The summed E-state index contributed by atoms with van der Waals surface area (Å²) in [6.07, 6.45) is 2.07. The van der Waals surface area contributed by atoms with Crippen LogP contribution in [0.4, 0.5) is 0 Å². The molecule has 2 aliphatic rings. The first-order valence-electron chi connectivity index (χ1n) is 8.13. The van der Waals surface area contributed by atoms with Crippen LogP contribution >= 0.6 is 11.6 Å². The smallest absolute Gasteiger partial charge is 0.336 e. The highest BCUT2D eigenvalue weighted by Crippen LogP contribution is 2.43. The van der Waals surface area contributed by atoms with Crippen molar-refractivity contribution in [2.75, 3.05) is 14.2 Å². The molecular formula is C19H20ClNO4. The van der Waals surface area contributed by atoms with Gasteiger partial charge < -0.3 is 14.8 Å². The van der Waals surface area contributed by atoms with Crippen molar-refractivity contribution in [1.82, 2.24) is 5.32 Å². The van der Waals surface area contributed by atoms with Crippen molar-refractivity contribution in [1.29, 1.82) is 0 Å². The molecule has 0 spiro atoms. The maximum absolute atomic E-state index is 12.7. The molecule has 132 valence electrons. The number of hydrogen-bond acceptors (Lipinski definition) is 5. The minimum absolute atomic E-state index is 0.0552. The van der Waals surface area contributed by atoms with Gasteiger partial charge in [0.05, 0.1) is 24.8 Å². The van der Waals surface area contributed by atoms with Crippen molar-refractivity contribution < 1.29 is 19.1 Å². The number of allylic oxidation sites excluding steroid dienone is 3. The van der Waals surface area contributed by atoms with Crippen LogP contribution in [0.1, 0.15) is 37.7 Å². The van der Waals surface area contributed by atoms with E-state index < -0.39 is 11.9 Å². The quantitative estimate of drug-likeness (QED) is 0.835. The zero-order chi connectivity index (χ0) is 18.1. The lowest BCUT2D eigenvalue weighted by atomic mass is 9.75. The highest BCUT2D eigenvalue weighted by Gasteiger charge is 2.39. The van der Waals surface area contributed by atoms with Gasteiger partial charge in [0, 0.05) is 29.3 Å². The van der Waals surface area contributed by atoms with Gasteiger partial charge in [-0.15, -0.1) is 0 Å². The minimum atomic E-state index is -0.486. The van der Waals surface area contributed by atoms with Crippen LogP contribution < -0.4 is 10.1 Å². The van der Waals surface area contributed by atoms with Crippen LogP contribution in [0.3, 0.4) is 0 Å². The van der Waals surface area contributed by atoms with Crippen LogP contribution in [-0.4, -0.2) is 26.0 Å². The second kappa shape index (κ2) is 6.92. The van der Waals surface area contributed by atoms with E-state index in [0.29, 0.717) is 34.0 Å². The second-order valence-electron chi connectivity index (χ2n) is 6.15. The van der Waals surface area contributed by atoms with Crippen molar-refractivity contribution >= 4 is 23.4 Å². The van der Waals surface area contributed by atoms with Gasteiger partial charge in [-0.1, -0.05) is 17.7 Å². The van der Waals surface area contributed by atoms with Gasteiger partial charge in [0.2, 0.25) is 0 Å². The molecule has 6 heteroatoms. The molecule has 0 bridgehead atoms. The van der Waals surface area contributed by atoms with Crippen molar-refractivity contribution in [3.05, 3.63) is 51.3 Å². The van der Waals surface area contributed by atoms with E-state index in [2.05, 4.69) is 5.32 Å². The fraction of sp³-hybridized carbons (Fsp3) is 0.368. The first kappa shape index (κ1) is 17.5. The number of esters is 1. The Bertz CT molecular complexity index is 810. The Morgan fingerprint density at radius 1 is 1.28 bits per heavy atom. The molecule has 0 aromatic heterocycles. The third-order valence-corrected chi connectivity index (χ3v) is 4.99. The van der Waals surface area contributed by atoms with Gasteiger partial charge in [-0.2, -0.15) is 0 Å². The van der Waals surface area contributed by atoms with E-state index in [1.807, 2.05) is 13.0 Å². The van der Waals surface area contributed by atoms with Crippen LogP contribution in [0.15, 0.2) is 40.7 Å². The largest absolute Gasteiger partial charge is 0.495 e. The van der Waals surface area contributed by atoms with Crippen LogP contribution in [0.25, 0.3) is 0 Å². The number of dihydropyridines is 1. The van der Waals surface area contributed by atoms with Crippen molar-refractivity contribution in [2.24, 2.45) is 0 Å². The average molecular weight is 362 g/mol. The summed E-state index contributed by atoms with van der Waals surface area (Å²) in [4.78, 5) is 25.1. The topological polar surface area (TPSA) is 64.6 Å². The molecule has 1 unspecified atom stereocenters. The lowest BCUT2D eigenvalue weighted by Gasteiger charge is -2.34. The molecule has 25 heavy (non-hydrogen) atoms. The lowest BCUT2D eigenvalue weighted by Crippen LogP contribution is -2.34. The highest BCUT2D eigenvalue weighted by atomic mass is 35.5. The van der Waals surface area contributed by atoms with Crippen LogP contribution in [0.5, 0.6) is 5.75 Å². The zero-order valence-corrected chi connectivity index (χ0v) is 15.2. The molecule has 0 radical (unpaired) electrons. The molecule has 3 rings (SSSR count). The van der Waals surface area contributed by atoms with E-state index >= 15 is 0 Å². The molecule has 0 saturated carbocycles. The van der Waals surface area contributed by atoms with Crippen LogP contribution in [-0.2, 0) is 14.3 Å². The molecule has 1 atom stereocenters. The highest BCUT2D eigenvalue weighted by molar-refractivity contribution is 6.32. The molecule has 1 aromatic rings. The van der Waals surface area contributed by atoms with Crippen molar-refractivity contribution in [3.63, 3.8) is 0 Å². The third-order valence-electron chi connectivity index (χ3n) is 4.69. The van der Waals surface area contributed by atoms with Crippen LogP contribution in [0.2, 0.25) is 5.02 Å². The van der Waals surface area contributed by atoms with Gasteiger partial charge >= 0.3 is 5.97 Å². The lowest BCUT2D eigenvalue weighted by molar-refractivity contribution is -0.136. The number of carbonyl (C=O) groups excluding carboxylic acids is 2. The maximum Gasteiger partial charge on any atom is 0.336 e. The SMILES string of the molecule is COC(=O)C1=C(C)NC2=C(C(=O)CCC2)C1c1ccc(OC)c(Cl)c1. The Morgan fingerprint density at radius 2 is 2.04 bits per heavy atom. The van der Waals surface area contributed by atoms with Gasteiger partial charge in [0.25, 0.3) is 0 Å². The first-order valence-corrected chi connectivity index (χ1v) is 8.51. The number of benzene rings is 1. The normalized spacial score (nSPS) is 20.2. The van der Waals surface area contributed by atoms with Gasteiger partial charge in [-0.3, -0.25) is 4.79 Å². The second-order valence-corrected chi connectivity index (χ2v) is 6.56. The Kier molecular flexibility index (Phi) is 4.86. The summed E-state index contributed by atoms with van der Waals surface area (Å²) in [7, 11) is 2.88. The summed E-state index contributed by atoms with van der Waals surface area (Å²) >= 11 is 6.28. The molecule has 1 aromatic carbocycles. The Hall–Kier alpha value is -2.27. The fourth-order valence-electron chi connectivity index (χ4n) is 3.56. The number of ether oxygens (including phenoxy) is 2. The summed E-state index contributed by atoms with van der Waals surface area (Å²) in [5.74, 6) is -0.338. The van der Waals surface area contributed by atoms with Crippen LogP contribution in [0, 0.1) is 0 Å². The molecule has 1 aliphatic carbocycles. The molecule has 1 N–H and O–H groups in total. The van der Waals surface area contributed by atoms with Crippen molar-refractivity contribution in [3.8, 4) is 5.75 Å². The zero-order valence-electron chi connectivity index (χ0n) is 14.4. The molecule has 1 aliphatic heterocycles. The number of carbonyl (C=O) groups is 2. The average Bonchev–Trinajstić information content (AvgIpc) is 2.60. The van der Waals surface area contributed by atoms with E-state index in [1.165, 1.54) is 7.11 Å². The predicted molar refractivity (Wildman–Crippen MR) is 94.5 cm³/mol. The number of halogens is 1. The Balaban J connectivity index is 2.19. The molecule has 1 heterocycles. The van der Waals surface area contributed by atoms with Gasteiger partial charge in [0.1, 0.15) is 5.75 Å². The standard InChI is InChI=1S/C19H20ClNO4/c1-10-16(19(23)25-3)17(11-7-8-15(24-2)12(20)9-11)18-13(21-10)5-4-6-14(18)22/h7-9,17,21H,4-6H2,1-3H3. The van der Waals surface area contributed by atoms with Gasteiger partial charge in [-0.05, 0) is 37.5 Å². The summed E-state index contributed by atoms with van der Waals surface area (Å²) < 4.78 is 10.2. The van der Waals surface area contributed by atoms with E-state index in [1.54, 1.807) is 19.2 Å². The molecule has 0 saturated heterocycles. The summed E-state index contributed by atoms with van der Waals surface area (Å²) in [5, 5.41) is 3.67. The molecule has 0 fully saturated rings. The monoisotopic (exact) mass is 361 g/mol. The minimum Gasteiger partial charge on any atom is -0.495 e. The molecule has 5 nitrogen and oxygen atoms in total. The van der Waals surface area contributed by atoms with E-state index in [4.69, 9.17) is 21.1 Å². The molecule has 0 amide bonds. The summed E-state index contributed by atoms with van der Waals surface area (Å²) in [5.41, 5.74) is 3.45. The Labute approximate surface area is 151 Å². The van der Waals surface area contributed by atoms with E-state index in [0.717, 1.165) is 24.1 Å². The van der Waals surface area contributed by atoms with Gasteiger partial charge in [0.15, 0.2) is 5.78 Å². The summed E-state index contributed by atoms with van der Waals surface area (Å²) in [6, 6.07) is 5.33. The Morgan fingerprint density at radius 3 is 2.68 bits per heavy atom. The van der Waals surface area contributed by atoms with Gasteiger partial charge in [-0.25, -0.2) is 4.79 Å². The fourth-order valence-corrected chi connectivity index (χ4v) is 3.83. The number of methoxy groups -OCH3 is 2. The summed E-state index contributed by atoms with van der Waals surface area (Å²) in [6.45, 7) is 1.83. The molecular weight excluding hydrogens is 342 g/mol. The number of nitrogens with one attached hydrogen (secondary N) is 1. The van der Waals surface area contributed by atoms with E-state index in [-0.39, 0.29) is 5.78 Å². The van der Waals surface area contributed by atoms with E-state index in [9.17, 15) is 9.59 Å².